The summed E-state index contributed by atoms with van der Waals surface area (Å²) in [7, 11) is -3.27. The Labute approximate surface area is 129 Å². The molecule has 0 saturated carbocycles. The maximum atomic E-state index is 12.1. The van der Waals surface area contributed by atoms with E-state index in [2.05, 4.69) is 5.32 Å². The maximum absolute atomic E-state index is 12.1. The van der Waals surface area contributed by atoms with Gasteiger partial charge in [0, 0.05) is 23.6 Å². The molecule has 0 aromatic heterocycles. The molecule has 1 aromatic carbocycles. The molecule has 0 bridgehead atoms. The summed E-state index contributed by atoms with van der Waals surface area (Å²) in [6.45, 7) is 1.89. The van der Waals surface area contributed by atoms with Gasteiger partial charge >= 0.3 is 0 Å². The first-order valence-corrected chi connectivity index (χ1v) is 8.98. The largest absolute Gasteiger partial charge is 0.344 e. The number of alkyl halides is 2. The van der Waals surface area contributed by atoms with Crippen LogP contribution < -0.4 is 5.32 Å². The summed E-state index contributed by atoms with van der Waals surface area (Å²) in [5, 5.41) is 2.80. The van der Waals surface area contributed by atoms with Gasteiger partial charge in [-0.3, -0.25) is 4.79 Å². The molecule has 1 N–H and O–H groups in total. The standard InChI is InChI=1S/C13H17Cl2NO3S/c1-3-13(8-14,9-15)16-12(17)10-4-6-11(7-5-10)20(2,18)19/h4-7H,3,8-9H2,1-2H3,(H,16,17). The number of carbonyl (C=O) groups is 1. The van der Waals surface area contributed by atoms with Crippen molar-refractivity contribution < 1.29 is 13.2 Å². The number of hydrogen-bond acceptors (Lipinski definition) is 3. The van der Waals surface area contributed by atoms with E-state index in [-0.39, 0.29) is 22.6 Å². The molecular formula is C13H17Cl2NO3S. The molecular weight excluding hydrogens is 321 g/mol. The molecule has 0 aliphatic heterocycles. The van der Waals surface area contributed by atoms with Crippen LogP contribution in [0.5, 0.6) is 0 Å². The molecule has 7 heteroatoms. The Kier molecular flexibility index (Phi) is 5.86. The topological polar surface area (TPSA) is 63.2 Å². The Hall–Kier alpha value is -0.780. The van der Waals surface area contributed by atoms with Gasteiger partial charge in [0.15, 0.2) is 9.84 Å². The number of carbonyl (C=O) groups excluding carboxylic acids is 1. The lowest BCUT2D eigenvalue weighted by atomic mass is 10.0. The molecule has 1 amide bonds. The summed E-state index contributed by atoms with van der Waals surface area (Å²) in [5.41, 5.74) is -0.291. The minimum absolute atomic E-state index is 0.172. The van der Waals surface area contributed by atoms with Crippen LogP contribution in [-0.4, -0.2) is 37.9 Å². The predicted molar refractivity (Wildman–Crippen MR) is 81.5 cm³/mol. The van der Waals surface area contributed by atoms with Gasteiger partial charge in [-0.15, -0.1) is 23.2 Å². The molecule has 0 heterocycles. The SMILES string of the molecule is CCC(CCl)(CCl)NC(=O)c1ccc(S(C)(=O)=O)cc1. The van der Waals surface area contributed by atoms with Crippen LogP contribution in [0.15, 0.2) is 29.2 Å². The first kappa shape index (κ1) is 17.3. The molecule has 0 aliphatic carbocycles. The Morgan fingerprint density at radius 1 is 1.20 bits per heavy atom. The summed E-state index contributed by atoms with van der Waals surface area (Å²) in [6, 6.07) is 5.74. The van der Waals surface area contributed by atoms with E-state index in [1.807, 2.05) is 6.92 Å². The predicted octanol–water partition coefficient (Wildman–Crippen LogP) is 2.45. The molecule has 1 aromatic rings. The van der Waals surface area contributed by atoms with Crippen molar-refractivity contribution in [2.75, 3.05) is 18.0 Å². The fraction of sp³-hybridized carbons (Fsp3) is 0.462. The van der Waals surface area contributed by atoms with Crippen molar-refractivity contribution in [3.05, 3.63) is 29.8 Å². The molecule has 0 unspecified atom stereocenters. The molecule has 1 rings (SSSR count). The first-order valence-electron chi connectivity index (χ1n) is 6.02. The molecule has 0 aliphatic rings. The fourth-order valence-electron chi connectivity index (χ4n) is 1.55. The average Bonchev–Trinajstić information content (AvgIpc) is 2.44. The van der Waals surface area contributed by atoms with Crippen molar-refractivity contribution in [2.24, 2.45) is 0 Å². The average molecular weight is 338 g/mol. The molecule has 4 nitrogen and oxygen atoms in total. The second-order valence-electron chi connectivity index (χ2n) is 4.65. The second-order valence-corrected chi connectivity index (χ2v) is 7.20. The highest BCUT2D eigenvalue weighted by molar-refractivity contribution is 7.90. The minimum Gasteiger partial charge on any atom is -0.344 e. The molecule has 112 valence electrons. The highest BCUT2D eigenvalue weighted by Crippen LogP contribution is 2.17. The number of halogens is 2. The van der Waals surface area contributed by atoms with Gasteiger partial charge in [-0.25, -0.2) is 8.42 Å². The Morgan fingerprint density at radius 3 is 2.05 bits per heavy atom. The lowest BCUT2D eigenvalue weighted by Gasteiger charge is -2.29. The normalized spacial score (nSPS) is 12.2. The van der Waals surface area contributed by atoms with Crippen molar-refractivity contribution in [1.29, 1.82) is 0 Å². The molecule has 20 heavy (non-hydrogen) atoms. The third kappa shape index (κ3) is 4.11. The summed E-state index contributed by atoms with van der Waals surface area (Å²) < 4.78 is 22.7. The monoisotopic (exact) mass is 337 g/mol. The van der Waals surface area contributed by atoms with Gasteiger partial charge in [0.25, 0.3) is 5.91 Å². The summed E-state index contributed by atoms with van der Waals surface area (Å²) >= 11 is 11.7. The molecule has 0 atom stereocenters. The van der Waals surface area contributed by atoms with Crippen LogP contribution in [0, 0.1) is 0 Å². The fourth-order valence-corrected chi connectivity index (χ4v) is 2.97. The first-order chi connectivity index (χ1) is 9.28. The van der Waals surface area contributed by atoms with Gasteiger partial charge < -0.3 is 5.32 Å². The zero-order valence-corrected chi connectivity index (χ0v) is 13.6. The van der Waals surface area contributed by atoms with Gasteiger partial charge in [0.05, 0.1) is 10.4 Å². The van der Waals surface area contributed by atoms with Crippen molar-refractivity contribution in [2.45, 2.75) is 23.8 Å². The van der Waals surface area contributed by atoms with Crippen LogP contribution >= 0.6 is 23.2 Å². The van der Waals surface area contributed by atoms with Crippen LogP contribution in [-0.2, 0) is 9.84 Å². The van der Waals surface area contributed by atoms with E-state index in [4.69, 9.17) is 23.2 Å². The highest BCUT2D eigenvalue weighted by Gasteiger charge is 2.28. The third-order valence-electron chi connectivity index (χ3n) is 3.11. The smallest absolute Gasteiger partial charge is 0.251 e. The van der Waals surface area contributed by atoms with E-state index in [1.165, 1.54) is 24.3 Å². The molecule has 0 fully saturated rings. The maximum Gasteiger partial charge on any atom is 0.251 e. The van der Waals surface area contributed by atoms with E-state index < -0.39 is 15.4 Å². The van der Waals surface area contributed by atoms with Gasteiger partial charge in [0.1, 0.15) is 0 Å². The molecule has 0 saturated heterocycles. The third-order valence-corrected chi connectivity index (χ3v) is 5.26. The lowest BCUT2D eigenvalue weighted by molar-refractivity contribution is 0.0913. The van der Waals surface area contributed by atoms with E-state index in [9.17, 15) is 13.2 Å². The molecule has 0 spiro atoms. The number of benzene rings is 1. The van der Waals surface area contributed by atoms with E-state index >= 15 is 0 Å². The number of hydrogen-bond donors (Lipinski definition) is 1. The minimum atomic E-state index is -3.27. The highest BCUT2D eigenvalue weighted by atomic mass is 35.5. The van der Waals surface area contributed by atoms with Gasteiger partial charge in [-0.1, -0.05) is 6.92 Å². The quantitative estimate of drug-likeness (QED) is 0.811. The molecule has 0 radical (unpaired) electrons. The van der Waals surface area contributed by atoms with Crippen LogP contribution in [0.25, 0.3) is 0 Å². The number of sulfone groups is 1. The summed E-state index contributed by atoms with van der Waals surface area (Å²) in [5.74, 6) is 0.0912. The second kappa shape index (κ2) is 6.78. The van der Waals surface area contributed by atoms with Crippen LogP contribution in [0.3, 0.4) is 0 Å². The van der Waals surface area contributed by atoms with E-state index in [0.717, 1.165) is 6.26 Å². The number of rotatable bonds is 6. The Balaban J connectivity index is 2.94. The summed E-state index contributed by atoms with van der Waals surface area (Å²) in [6.07, 6.45) is 1.72. The number of amides is 1. The Bertz CT molecular complexity index is 558. The van der Waals surface area contributed by atoms with Crippen molar-refractivity contribution in [1.82, 2.24) is 5.32 Å². The number of nitrogens with one attached hydrogen (secondary N) is 1. The van der Waals surface area contributed by atoms with E-state index in [0.29, 0.717) is 12.0 Å². The van der Waals surface area contributed by atoms with Crippen molar-refractivity contribution in [3.63, 3.8) is 0 Å². The van der Waals surface area contributed by atoms with Gasteiger partial charge in [-0.2, -0.15) is 0 Å². The van der Waals surface area contributed by atoms with Gasteiger partial charge in [-0.05, 0) is 30.7 Å². The zero-order valence-electron chi connectivity index (χ0n) is 11.3. The van der Waals surface area contributed by atoms with Crippen molar-refractivity contribution in [3.8, 4) is 0 Å². The lowest BCUT2D eigenvalue weighted by Crippen LogP contribution is -2.51. The Morgan fingerprint density at radius 2 is 1.70 bits per heavy atom. The van der Waals surface area contributed by atoms with Gasteiger partial charge in [0.2, 0.25) is 0 Å². The van der Waals surface area contributed by atoms with Crippen LogP contribution in [0.4, 0.5) is 0 Å². The van der Waals surface area contributed by atoms with Crippen LogP contribution in [0.2, 0.25) is 0 Å². The zero-order chi connectivity index (χ0) is 15.4. The summed E-state index contributed by atoms with van der Waals surface area (Å²) in [4.78, 5) is 12.3. The van der Waals surface area contributed by atoms with Crippen molar-refractivity contribution >= 4 is 38.9 Å². The van der Waals surface area contributed by atoms with E-state index in [1.54, 1.807) is 0 Å². The van der Waals surface area contributed by atoms with Crippen LogP contribution in [0.1, 0.15) is 23.7 Å².